The van der Waals surface area contributed by atoms with E-state index in [2.05, 4.69) is 20.4 Å². The molecule has 1 amide bonds. The van der Waals surface area contributed by atoms with Crippen LogP contribution in [0, 0.1) is 0 Å². The number of carbonyl (C=O) groups is 1. The SMILES string of the molecule is C[C@@H](NC(=O)c1cc(-c2cccs2)nc2onc(-c3ccccc3)c12)c1ccncc1. The van der Waals surface area contributed by atoms with Gasteiger partial charge in [-0.1, -0.05) is 41.6 Å². The van der Waals surface area contributed by atoms with Gasteiger partial charge in [-0.3, -0.25) is 9.78 Å². The molecule has 5 rings (SSSR count). The number of thiophene rings is 1. The van der Waals surface area contributed by atoms with Gasteiger partial charge in [0.1, 0.15) is 5.69 Å². The number of carbonyl (C=O) groups excluding carboxylic acids is 1. The van der Waals surface area contributed by atoms with E-state index in [1.807, 2.05) is 73.0 Å². The maximum Gasteiger partial charge on any atom is 0.259 e. The summed E-state index contributed by atoms with van der Waals surface area (Å²) in [6.45, 7) is 1.94. The van der Waals surface area contributed by atoms with Crippen LogP contribution in [0.15, 0.2) is 83.0 Å². The summed E-state index contributed by atoms with van der Waals surface area (Å²) in [4.78, 5) is 23.1. The Morgan fingerprint density at radius 2 is 1.87 bits per heavy atom. The van der Waals surface area contributed by atoms with Crippen molar-refractivity contribution in [1.82, 2.24) is 20.4 Å². The van der Waals surface area contributed by atoms with Gasteiger partial charge in [-0.25, -0.2) is 4.98 Å². The summed E-state index contributed by atoms with van der Waals surface area (Å²) >= 11 is 1.56. The summed E-state index contributed by atoms with van der Waals surface area (Å²) in [7, 11) is 0. The lowest BCUT2D eigenvalue weighted by molar-refractivity contribution is 0.0941. The molecule has 0 fully saturated rings. The van der Waals surface area contributed by atoms with Crippen LogP contribution in [0.4, 0.5) is 0 Å². The summed E-state index contributed by atoms with van der Waals surface area (Å²) in [5.74, 6) is -0.213. The smallest absolute Gasteiger partial charge is 0.259 e. The zero-order valence-corrected chi connectivity index (χ0v) is 17.5. The fraction of sp³-hybridized carbons (Fsp3) is 0.0833. The highest BCUT2D eigenvalue weighted by atomic mass is 32.1. The predicted molar refractivity (Wildman–Crippen MR) is 121 cm³/mol. The molecule has 6 nitrogen and oxygen atoms in total. The highest BCUT2D eigenvalue weighted by Crippen LogP contribution is 2.34. The molecule has 0 radical (unpaired) electrons. The largest absolute Gasteiger partial charge is 0.345 e. The molecule has 0 aliphatic carbocycles. The van der Waals surface area contributed by atoms with Gasteiger partial charge < -0.3 is 9.84 Å². The van der Waals surface area contributed by atoms with Crippen LogP contribution in [0.5, 0.6) is 0 Å². The summed E-state index contributed by atoms with van der Waals surface area (Å²) in [6, 6.07) is 19.0. The molecule has 7 heteroatoms. The van der Waals surface area contributed by atoms with Gasteiger partial charge in [0.2, 0.25) is 0 Å². The van der Waals surface area contributed by atoms with Crippen LogP contribution in [0.3, 0.4) is 0 Å². The monoisotopic (exact) mass is 426 g/mol. The van der Waals surface area contributed by atoms with Crippen LogP contribution in [0.25, 0.3) is 32.9 Å². The number of nitrogens with zero attached hydrogens (tertiary/aromatic N) is 3. The number of rotatable bonds is 5. The van der Waals surface area contributed by atoms with E-state index >= 15 is 0 Å². The fourth-order valence-corrected chi connectivity index (χ4v) is 4.17. The number of aromatic nitrogens is 3. The number of nitrogens with one attached hydrogen (secondary N) is 1. The Morgan fingerprint density at radius 3 is 2.61 bits per heavy atom. The molecule has 0 bridgehead atoms. The highest BCUT2D eigenvalue weighted by Gasteiger charge is 2.23. The van der Waals surface area contributed by atoms with E-state index in [1.165, 1.54) is 0 Å². The zero-order valence-electron chi connectivity index (χ0n) is 16.6. The maximum atomic E-state index is 13.4. The molecule has 0 aliphatic rings. The van der Waals surface area contributed by atoms with E-state index in [-0.39, 0.29) is 11.9 Å². The molecule has 31 heavy (non-hydrogen) atoms. The summed E-state index contributed by atoms with van der Waals surface area (Å²) < 4.78 is 5.58. The van der Waals surface area contributed by atoms with Gasteiger partial charge in [0.25, 0.3) is 11.6 Å². The lowest BCUT2D eigenvalue weighted by Crippen LogP contribution is -2.27. The summed E-state index contributed by atoms with van der Waals surface area (Å²) in [6.07, 6.45) is 3.43. The van der Waals surface area contributed by atoms with Crippen molar-refractivity contribution in [3.63, 3.8) is 0 Å². The van der Waals surface area contributed by atoms with Crippen molar-refractivity contribution >= 4 is 28.3 Å². The Balaban J connectivity index is 1.63. The minimum atomic E-state index is -0.213. The molecule has 152 valence electrons. The summed E-state index contributed by atoms with van der Waals surface area (Å²) in [5.41, 5.74) is 3.94. The van der Waals surface area contributed by atoms with Crippen molar-refractivity contribution < 1.29 is 9.32 Å². The molecule has 1 N–H and O–H groups in total. The van der Waals surface area contributed by atoms with Crippen LogP contribution < -0.4 is 5.32 Å². The number of pyridine rings is 2. The molecule has 5 aromatic rings. The lowest BCUT2D eigenvalue weighted by atomic mass is 10.0. The first kappa shape index (κ1) is 19.1. The second-order valence-corrected chi connectivity index (χ2v) is 8.03. The fourth-order valence-electron chi connectivity index (χ4n) is 3.48. The molecule has 0 saturated carbocycles. The second-order valence-electron chi connectivity index (χ2n) is 7.09. The standard InChI is InChI=1S/C24H18N4O2S/c1-15(16-9-11-25-12-10-16)26-23(29)18-14-19(20-8-5-13-31-20)27-24-21(18)22(28-30-24)17-6-3-2-4-7-17/h2-15H,1H3,(H,26,29)/t15-/m1/s1. The first-order valence-electron chi connectivity index (χ1n) is 9.81. The van der Waals surface area contributed by atoms with Crippen LogP contribution in [-0.2, 0) is 0 Å². The normalized spacial score (nSPS) is 12.0. The molecule has 4 aromatic heterocycles. The Bertz CT molecular complexity index is 1330. The van der Waals surface area contributed by atoms with Gasteiger partial charge >= 0.3 is 0 Å². The van der Waals surface area contributed by atoms with E-state index in [0.29, 0.717) is 28.1 Å². The average molecular weight is 427 g/mol. The molecular weight excluding hydrogens is 408 g/mol. The minimum absolute atomic E-state index is 0.191. The molecular formula is C24H18N4O2S. The number of hydrogen-bond donors (Lipinski definition) is 1. The van der Waals surface area contributed by atoms with Crippen molar-refractivity contribution in [2.75, 3.05) is 0 Å². The number of hydrogen-bond acceptors (Lipinski definition) is 6. The van der Waals surface area contributed by atoms with Crippen LogP contribution in [0.2, 0.25) is 0 Å². The Labute approximate surface area is 182 Å². The van der Waals surface area contributed by atoms with Crippen molar-refractivity contribution in [2.45, 2.75) is 13.0 Å². The van der Waals surface area contributed by atoms with Gasteiger partial charge in [0.05, 0.1) is 27.6 Å². The van der Waals surface area contributed by atoms with Crippen LogP contribution in [0.1, 0.15) is 28.9 Å². The van der Waals surface area contributed by atoms with Crippen LogP contribution in [-0.4, -0.2) is 21.0 Å². The molecule has 0 aliphatic heterocycles. The van der Waals surface area contributed by atoms with E-state index in [4.69, 9.17) is 4.52 Å². The van der Waals surface area contributed by atoms with Gasteiger partial charge in [0.15, 0.2) is 0 Å². The third-order valence-corrected chi connectivity index (χ3v) is 5.96. The van der Waals surface area contributed by atoms with Gasteiger partial charge in [-0.15, -0.1) is 11.3 Å². The second kappa shape index (κ2) is 8.12. The molecule has 4 heterocycles. The van der Waals surface area contributed by atoms with Crippen molar-refractivity contribution in [3.8, 4) is 21.8 Å². The molecule has 1 atom stereocenters. The minimum Gasteiger partial charge on any atom is -0.345 e. The van der Waals surface area contributed by atoms with E-state index < -0.39 is 0 Å². The number of amides is 1. The molecule has 1 aromatic carbocycles. The third kappa shape index (κ3) is 3.71. The first-order valence-corrected chi connectivity index (χ1v) is 10.7. The van der Waals surface area contributed by atoms with Gasteiger partial charge in [-0.2, -0.15) is 0 Å². The van der Waals surface area contributed by atoms with Crippen molar-refractivity contribution in [2.24, 2.45) is 0 Å². The topological polar surface area (TPSA) is 80.9 Å². The van der Waals surface area contributed by atoms with Gasteiger partial charge in [0, 0.05) is 18.0 Å². The Morgan fingerprint density at radius 1 is 1.06 bits per heavy atom. The summed E-state index contributed by atoms with van der Waals surface area (Å²) in [5, 5.41) is 9.91. The maximum absolute atomic E-state index is 13.4. The number of fused-ring (bicyclic) bond motifs is 1. The molecule has 0 unspecified atom stereocenters. The van der Waals surface area contributed by atoms with E-state index in [9.17, 15) is 4.79 Å². The first-order chi connectivity index (χ1) is 15.2. The number of benzene rings is 1. The molecule has 0 saturated heterocycles. The quantitative estimate of drug-likeness (QED) is 0.401. The van der Waals surface area contributed by atoms with Crippen LogP contribution >= 0.6 is 11.3 Å². The molecule has 0 spiro atoms. The van der Waals surface area contributed by atoms with Gasteiger partial charge in [-0.05, 0) is 42.1 Å². The van der Waals surface area contributed by atoms with Crippen molar-refractivity contribution in [3.05, 3.63) is 89.6 Å². The van der Waals surface area contributed by atoms with E-state index in [0.717, 1.165) is 16.0 Å². The Hall–Kier alpha value is -3.84. The van der Waals surface area contributed by atoms with Crippen molar-refractivity contribution in [1.29, 1.82) is 0 Å². The third-order valence-electron chi connectivity index (χ3n) is 5.07. The lowest BCUT2D eigenvalue weighted by Gasteiger charge is -2.15. The predicted octanol–water partition coefficient (Wildman–Crippen LogP) is 5.50. The zero-order chi connectivity index (χ0) is 21.2. The average Bonchev–Trinajstić information content (AvgIpc) is 3.50. The Kier molecular flexibility index (Phi) is 5.01. The van der Waals surface area contributed by atoms with E-state index in [1.54, 1.807) is 23.7 Å². The highest BCUT2D eigenvalue weighted by molar-refractivity contribution is 7.13.